The Morgan fingerprint density at radius 2 is 2.10 bits per heavy atom. The van der Waals surface area contributed by atoms with Gasteiger partial charge in [0, 0.05) is 29.2 Å². The van der Waals surface area contributed by atoms with Crippen LogP contribution in [0.5, 0.6) is 0 Å². The van der Waals surface area contributed by atoms with Gasteiger partial charge in [-0.25, -0.2) is 0 Å². The van der Waals surface area contributed by atoms with Crippen molar-refractivity contribution in [1.82, 2.24) is 9.88 Å². The largest absolute Gasteiger partial charge is 0.481 e. The SMILES string of the molecule is CCCn1cc(Br)cc1C(=O)NC(C)(C)CCC(=O)O. The van der Waals surface area contributed by atoms with Crippen molar-refractivity contribution in [1.29, 1.82) is 0 Å². The first-order valence-electron chi connectivity index (χ1n) is 6.65. The summed E-state index contributed by atoms with van der Waals surface area (Å²) in [4.78, 5) is 22.9. The minimum Gasteiger partial charge on any atom is -0.481 e. The van der Waals surface area contributed by atoms with Crippen LogP contribution in [0, 0.1) is 0 Å². The Labute approximate surface area is 127 Å². The van der Waals surface area contributed by atoms with Gasteiger partial charge in [-0.1, -0.05) is 6.92 Å². The van der Waals surface area contributed by atoms with Crippen LogP contribution < -0.4 is 5.32 Å². The average Bonchev–Trinajstić information content (AvgIpc) is 2.68. The fourth-order valence-corrected chi connectivity index (χ4v) is 2.41. The van der Waals surface area contributed by atoms with E-state index in [0.717, 1.165) is 17.4 Å². The van der Waals surface area contributed by atoms with Gasteiger partial charge in [0.05, 0.1) is 0 Å². The molecule has 1 aromatic heterocycles. The van der Waals surface area contributed by atoms with Crippen LogP contribution in [-0.2, 0) is 11.3 Å². The Hall–Kier alpha value is -1.30. The third kappa shape index (κ3) is 5.00. The van der Waals surface area contributed by atoms with E-state index in [1.807, 2.05) is 31.5 Å². The Balaban J connectivity index is 2.77. The van der Waals surface area contributed by atoms with Crippen molar-refractivity contribution in [3.05, 3.63) is 22.4 Å². The molecule has 0 saturated heterocycles. The molecule has 0 spiro atoms. The topological polar surface area (TPSA) is 71.3 Å². The monoisotopic (exact) mass is 344 g/mol. The summed E-state index contributed by atoms with van der Waals surface area (Å²) in [5.41, 5.74) is 0.0330. The molecule has 1 rings (SSSR count). The highest BCUT2D eigenvalue weighted by Gasteiger charge is 2.23. The van der Waals surface area contributed by atoms with E-state index in [-0.39, 0.29) is 12.3 Å². The molecule has 0 fully saturated rings. The number of carbonyl (C=O) groups is 2. The van der Waals surface area contributed by atoms with E-state index in [4.69, 9.17) is 5.11 Å². The van der Waals surface area contributed by atoms with Crippen molar-refractivity contribution in [3.63, 3.8) is 0 Å². The van der Waals surface area contributed by atoms with Gasteiger partial charge in [-0.3, -0.25) is 9.59 Å². The molecule has 2 N–H and O–H groups in total. The minimum atomic E-state index is -0.857. The fraction of sp³-hybridized carbons (Fsp3) is 0.571. The minimum absolute atomic E-state index is 0.0347. The van der Waals surface area contributed by atoms with Crippen LogP contribution in [0.1, 0.15) is 50.5 Å². The summed E-state index contributed by atoms with van der Waals surface area (Å²) in [6.07, 6.45) is 3.24. The summed E-state index contributed by atoms with van der Waals surface area (Å²) in [5, 5.41) is 11.6. The molecule has 0 unspecified atom stereocenters. The molecule has 0 aromatic carbocycles. The molecule has 6 heteroatoms. The number of aliphatic carboxylic acids is 1. The zero-order chi connectivity index (χ0) is 15.3. The number of aromatic nitrogens is 1. The summed E-state index contributed by atoms with van der Waals surface area (Å²) in [6.45, 7) is 6.47. The molecule has 20 heavy (non-hydrogen) atoms. The maximum atomic E-state index is 12.3. The number of hydrogen-bond acceptors (Lipinski definition) is 2. The van der Waals surface area contributed by atoms with Gasteiger partial charge < -0.3 is 15.0 Å². The smallest absolute Gasteiger partial charge is 0.303 e. The second kappa shape index (κ2) is 6.92. The van der Waals surface area contributed by atoms with Gasteiger partial charge in [-0.2, -0.15) is 0 Å². The van der Waals surface area contributed by atoms with Gasteiger partial charge >= 0.3 is 5.97 Å². The van der Waals surface area contributed by atoms with Gasteiger partial charge in [-0.15, -0.1) is 0 Å². The highest BCUT2D eigenvalue weighted by Crippen LogP contribution is 2.18. The van der Waals surface area contributed by atoms with E-state index in [0.29, 0.717) is 12.1 Å². The standard InChI is InChI=1S/C14H21BrN2O3/c1-4-7-17-9-10(15)8-11(17)13(20)16-14(2,3)6-5-12(18)19/h8-9H,4-7H2,1-3H3,(H,16,20)(H,18,19). The van der Waals surface area contributed by atoms with Crippen LogP contribution in [0.3, 0.4) is 0 Å². The number of hydrogen-bond donors (Lipinski definition) is 2. The number of rotatable bonds is 7. The second-order valence-electron chi connectivity index (χ2n) is 5.47. The molecule has 0 radical (unpaired) electrons. The van der Waals surface area contributed by atoms with Gasteiger partial charge in [0.1, 0.15) is 5.69 Å². The molecule has 0 aliphatic rings. The van der Waals surface area contributed by atoms with E-state index in [2.05, 4.69) is 21.2 Å². The number of carbonyl (C=O) groups excluding carboxylic acids is 1. The molecule has 0 saturated carbocycles. The van der Waals surface area contributed by atoms with Crippen LogP contribution in [0.25, 0.3) is 0 Å². The van der Waals surface area contributed by atoms with E-state index in [9.17, 15) is 9.59 Å². The lowest BCUT2D eigenvalue weighted by molar-refractivity contribution is -0.137. The van der Waals surface area contributed by atoms with Gasteiger partial charge in [0.25, 0.3) is 5.91 Å². The number of nitrogens with zero attached hydrogens (tertiary/aromatic N) is 1. The number of halogens is 1. The third-order valence-electron chi connectivity index (χ3n) is 2.98. The third-order valence-corrected chi connectivity index (χ3v) is 3.41. The van der Waals surface area contributed by atoms with Crippen molar-refractivity contribution < 1.29 is 14.7 Å². The van der Waals surface area contributed by atoms with Crippen molar-refractivity contribution in [2.75, 3.05) is 0 Å². The van der Waals surface area contributed by atoms with Crippen molar-refractivity contribution in [3.8, 4) is 0 Å². The molecule has 0 bridgehead atoms. The lowest BCUT2D eigenvalue weighted by atomic mass is 9.98. The first kappa shape index (κ1) is 16.8. The first-order chi connectivity index (χ1) is 9.25. The zero-order valence-corrected chi connectivity index (χ0v) is 13.7. The molecule has 112 valence electrons. The Morgan fingerprint density at radius 3 is 2.65 bits per heavy atom. The van der Waals surface area contributed by atoms with Crippen molar-refractivity contribution in [2.24, 2.45) is 0 Å². The van der Waals surface area contributed by atoms with Gasteiger partial charge in [0.2, 0.25) is 0 Å². The highest BCUT2D eigenvalue weighted by molar-refractivity contribution is 9.10. The zero-order valence-electron chi connectivity index (χ0n) is 12.1. The molecular formula is C14H21BrN2O3. The van der Waals surface area contributed by atoms with E-state index in [1.165, 1.54) is 0 Å². The van der Waals surface area contributed by atoms with Crippen LogP contribution >= 0.6 is 15.9 Å². The predicted molar refractivity (Wildman–Crippen MR) is 80.8 cm³/mol. The van der Waals surface area contributed by atoms with Gasteiger partial charge in [0.15, 0.2) is 0 Å². The number of nitrogens with one attached hydrogen (secondary N) is 1. The number of amides is 1. The summed E-state index contributed by atoms with van der Waals surface area (Å²) in [6, 6.07) is 1.78. The number of aryl methyl sites for hydroxylation is 1. The number of carboxylic acids is 1. The second-order valence-corrected chi connectivity index (χ2v) is 6.38. The Kier molecular flexibility index (Phi) is 5.80. The van der Waals surface area contributed by atoms with E-state index < -0.39 is 11.5 Å². The molecule has 5 nitrogen and oxygen atoms in total. The first-order valence-corrected chi connectivity index (χ1v) is 7.44. The summed E-state index contributed by atoms with van der Waals surface area (Å²) < 4.78 is 2.76. The molecule has 0 aliphatic heterocycles. The van der Waals surface area contributed by atoms with Crippen LogP contribution in [0.4, 0.5) is 0 Å². The molecule has 0 aliphatic carbocycles. The molecule has 1 amide bonds. The Bertz CT molecular complexity index is 495. The quantitative estimate of drug-likeness (QED) is 0.798. The van der Waals surface area contributed by atoms with E-state index >= 15 is 0 Å². The highest BCUT2D eigenvalue weighted by atomic mass is 79.9. The molecule has 1 heterocycles. The lowest BCUT2D eigenvalue weighted by Crippen LogP contribution is -2.44. The Morgan fingerprint density at radius 1 is 1.45 bits per heavy atom. The lowest BCUT2D eigenvalue weighted by Gasteiger charge is -2.25. The van der Waals surface area contributed by atoms with Crippen LogP contribution in [0.15, 0.2) is 16.7 Å². The average molecular weight is 345 g/mol. The van der Waals surface area contributed by atoms with Crippen LogP contribution in [0.2, 0.25) is 0 Å². The normalized spacial score (nSPS) is 11.4. The molecule has 1 aromatic rings. The summed E-state index contributed by atoms with van der Waals surface area (Å²) in [7, 11) is 0. The summed E-state index contributed by atoms with van der Waals surface area (Å²) in [5.74, 6) is -1.04. The van der Waals surface area contributed by atoms with Crippen LogP contribution in [-0.4, -0.2) is 27.1 Å². The van der Waals surface area contributed by atoms with E-state index in [1.54, 1.807) is 6.07 Å². The maximum absolute atomic E-state index is 12.3. The maximum Gasteiger partial charge on any atom is 0.303 e. The predicted octanol–water partition coefficient (Wildman–Crippen LogP) is 3.03. The van der Waals surface area contributed by atoms with Crippen molar-refractivity contribution in [2.45, 2.75) is 52.1 Å². The molecular weight excluding hydrogens is 324 g/mol. The molecule has 0 atom stereocenters. The van der Waals surface area contributed by atoms with Gasteiger partial charge in [-0.05, 0) is 48.7 Å². The number of carboxylic acid groups (broad SMARTS) is 1. The van der Waals surface area contributed by atoms with Crippen molar-refractivity contribution >= 4 is 27.8 Å². The summed E-state index contributed by atoms with van der Waals surface area (Å²) >= 11 is 3.37. The fourth-order valence-electron chi connectivity index (χ4n) is 1.94.